The number of aromatic nitrogens is 1. The molecular formula is C18H17Cl2F2N5O2S2. The standard InChI is InChI=1S/C18H17Cl2F2N5O2S2/c1-23-4-5-24-16-6-11(21)2-3-14(16)26-15-8-13(22)17(7-12(15)19)31(28,29)27(20)18-9-30-10-25-18/h2-3,6-10,23-24,26H,4-5H2,1H3. The van der Waals surface area contributed by atoms with E-state index in [1.165, 1.54) is 29.1 Å². The van der Waals surface area contributed by atoms with Crippen LogP contribution in [0.3, 0.4) is 0 Å². The Morgan fingerprint density at radius 1 is 1.13 bits per heavy atom. The Morgan fingerprint density at radius 3 is 2.58 bits per heavy atom. The van der Waals surface area contributed by atoms with Crippen LogP contribution >= 0.6 is 34.7 Å². The van der Waals surface area contributed by atoms with Crippen molar-refractivity contribution in [3.63, 3.8) is 0 Å². The predicted octanol–water partition coefficient (Wildman–Crippen LogP) is 4.80. The van der Waals surface area contributed by atoms with Gasteiger partial charge in [-0.3, -0.25) is 0 Å². The van der Waals surface area contributed by atoms with Gasteiger partial charge in [0.2, 0.25) is 0 Å². The van der Waals surface area contributed by atoms with Crippen molar-refractivity contribution >= 4 is 67.6 Å². The molecule has 0 spiro atoms. The highest BCUT2D eigenvalue weighted by molar-refractivity contribution is 7.94. The van der Waals surface area contributed by atoms with E-state index in [0.29, 0.717) is 28.3 Å². The molecule has 7 nitrogen and oxygen atoms in total. The molecule has 0 saturated heterocycles. The van der Waals surface area contributed by atoms with Gasteiger partial charge < -0.3 is 16.0 Å². The van der Waals surface area contributed by atoms with Gasteiger partial charge in [-0.15, -0.1) is 11.3 Å². The smallest absolute Gasteiger partial charge is 0.282 e. The molecule has 166 valence electrons. The number of nitrogens with zero attached hydrogens (tertiary/aromatic N) is 2. The van der Waals surface area contributed by atoms with Crippen LogP contribution < -0.4 is 19.8 Å². The molecule has 0 aliphatic carbocycles. The molecule has 31 heavy (non-hydrogen) atoms. The number of sulfonamides is 1. The van der Waals surface area contributed by atoms with E-state index in [2.05, 4.69) is 20.9 Å². The zero-order valence-electron chi connectivity index (χ0n) is 16.0. The highest BCUT2D eigenvalue weighted by Gasteiger charge is 2.29. The Balaban J connectivity index is 1.91. The summed E-state index contributed by atoms with van der Waals surface area (Å²) < 4.78 is 54.2. The molecule has 0 atom stereocenters. The van der Waals surface area contributed by atoms with Gasteiger partial charge in [0.25, 0.3) is 10.0 Å². The van der Waals surface area contributed by atoms with Gasteiger partial charge in [0.1, 0.15) is 16.5 Å². The van der Waals surface area contributed by atoms with Gasteiger partial charge in [-0.1, -0.05) is 11.6 Å². The first-order valence-corrected chi connectivity index (χ1v) is 11.9. The van der Waals surface area contributed by atoms with Gasteiger partial charge in [-0.05, 0) is 31.3 Å². The molecule has 13 heteroatoms. The summed E-state index contributed by atoms with van der Waals surface area (Å²) in [7, 11) is -2.67. The Labute approximate surface area is 192 Å². The lowest BCUT2D eigenvalue weighted by atomic mass is 10.2. The van der Waals surface area contributed by atoms with E-state index < -0.39 is 26.6 Å². The van der Waals surface area contributed by atoms with E-state index in [9.17, 15) is 17.2 Å². The quantitative estimate of drug-likeness (QED) is 0.285. The van der Waals surface area contributed by atoms with Crippen molar-refractivity contribution in [3.8, 4) is 0 Å². The average molecular weight is 508 g/mol. The molecule has 0 aliphatic heterocycles. The predicted molar refractivity (Wildman–Crippen MR) is 121 cm³/mol. The third kappa shape index (κ3) is 5.36. The van der Waals surface area contributed by atoms with Crippen LogP contribution in [0.5, 0.6) is 0 Å². The van der Waals surface area contributed by atoms with Crippen LogP contribution in [0.4, 0.5) is 31.7 Å². The zero-order valence-corrected chi connectivity index (χ0v) is 19.1. The van der Waals surface area contributed by atoms with Crippen molar-refractivity contribution in [1.82, 2.24) is 10.3 Å². The lowest BCUT2D eigenvalue weighted by Gasteiger charge is -2.17. The van der Waals surface area contributed by atoms with Crippen molar-refractivity contribution in [2.24, 2.45) is 0 Å². The molecule has 0 fully saturated rings. The number of thiazole rings is 1. The van der Waals surface area contributed by atoms with Crippen LogP contribution in [0.25, 0.3) is 0 Å². The van der Waals surface area contributed by atoms with Crippen molar-refractivity contribution < 1.29 is 17.2 Å². The second-order valence-electron chi connectivity index (χ2n) is 6.17. The minimum absolute atomic E-state index is 0.0620. The monoisotopic (exact) mass is 507 g/mol. The highest BCUT2D eigenvalue weighted by atomic mass is 35.5. The van der Waals surface area contributed by atoms with E-state index in [1.54, 1.807) is 7.05 Å². The first kappa shape index (κ1) is 23.5. The lowest BCUT2D eigenvalue weighted by molar-refractivity contribution is 0.568. The SMILES string of the molecule is CNCCNc1cc(F)ccc1Nc1cc(F)c(S(=O)(=O)N(Cl)c2cscn2)cc1Cl. The number of nitrogens with one attached hydrogen (secondary N) is 3. The number of rotatable bonds is 9. The number of anilines is 4. The molecule has 3 rings (SSSR count). The van der Waals surface area contributed by atoms with Crippen LogP contribution in [0.2, 0.25) is 5.02 Å². The maximum Gasteiger partial charge on any atom is 0.282 e. The zero-order chi connectivity index (χ0) is 22.6. The first-order valence-electron chi connectivity index (χ1n) is 8.77. The Kier molecular flexibility index (Phi) is 7.55. The molecule has 1 aromatic heterocycles. The normalized spacial score (nSPS) is 11.4. The largest absolute Gasteiger partial charge is 0.382 e. The number of likely N-dealkylation sites (N-methyl/N-ethyl adjacent to an activating group) is 1. The second kappa shape index (κ2) is 9.96. The summed E-state index contributed by atoms with van der Waals surface area (Å²) in [6.45, 7) is 1.14. The summed E-state index contributed by atoms with van der Waals surface area (Å²) in [5, 5.41) is 10.2. The number of benzene rings is 2. The van der Waals surface area contributed by atoms with Crippen LogP contribution in [0, 0.1) is 11.6 Å². The molecule has 1 heterocycles. The Bertz CT molecular complexity index is 1160. The van der Waals surface area contributed by atoms with Gasteiger partial charge in [0, 0.05) is 36.3 Å². The third-order valence-electron chi connectivity index (χ3n) is 4.05. The second-order valence-corrected chi connectivity index (χ2v) is 9.59. The number of hydrogen-bond acceptors (Lipinski definition) is 7. The summed E-state index contributed by atoms with van der Waals surface area (Å²) in [4.78, 5) is 3.09. The number of halogens is 4. The molecule has 3 aromatic rings. The molecule has 0 aliphatic rings. The molecule has 2 aromatic carbocycles. The van der Waals surface area contributed by atoms with Gasteiger partial charge in [-0.25, -0.2) is 13.8 Å². The van der Waals surface area contributed by atoms with E-state index >= 15 is 0 Å². The third-order valence-corrected chi connectivity index (χ3v) is 7.13. The fourth-order valence-corrected chi connectivity index (χ4v) is 4.89. The van der Waals surface area contributed by atoms with Gasteiger partial charge in [0.15, 0.2) is 5.82 Å². The maximum atomic E-state index is 14.8. The minimum Gasteiger partial charge on any atom is -0.382 e. The van der Waals surface area contributed by atoms with E-state index in [4.69, 9.17) is 23.4 Å². The molecule has 0 unspecified atom stereocenters. The summed E-state index contributed by atoms with van der Waals surface area (Å²) in [6, 6.07) is 5.85. The van der Waals surface area contributed by atoms with Crippen molar-refractivity contribution in [3.05, 3.63) is 57.9 Å². The summed E-state index contributed by atoms with van der Waals surface area (Å²) in [5.74, 6) is -1.59. The molecule has 0 radical (unpaired) electrons. The van der Waals surface area contributed by atoms with Gasteiger partial charge in [0.05, 0.1) is 27.6 Å². The van der Waals surface area contributed by atoms with Crippen LogP contribution in [0.1, 0.15) is 0 Å². The summed E-state index contributed by atoms with van der Waals surface area (Å²) >= 11 is 13.2. The maximum absolute atomic E-state index is 14.8. The van der Waals surface area contributed by atoms with Crippen LogP contribution in [0.15, 0.2) is 46.1 Å². The summed E-state index contributed by atoms with van der Waals surface area (Å²) in [6.07, 6.45) is 0. The van der Waals surface area contributed by atoms with Crippen LogP contribution in [-0.4, -0.2) is 33.5 Å². The summed E-state index contributed by atoms with van der Waals surface area (Å²) in [5.41, 5.74) is 2.34. The topological polar surface area (TPSA) is 86.4 Å². The van der Waals surface area contributed by atoms with Crippen LogP contribution in [-0.2, 0) is 10.0 Å². The molecular weight excluding hydrogens is 491 g/mol. The average Bonchev–Trinajstić information content (AvgIpc) is 3.26. The Hall–Kier alpha value is -2.18. The first-order chi connectivity index (χ1) is 14.7. The van der Waals surface area contributed by atoms with Gasteiger partial charge in [-0.2, -0.15) is 12.2 Å². The molecule has 3 N–H and O–H groups in total. The van der Waals surface area contributed by atoms with Crippen molar-refractivity contribution in [2.45, 2.75) is 4.90 Å². The van der Waals surface area contributed by atoms with E-state index in [1.807, 2.05) is 0 Å². The molecule has 0 amide bonds. The van der Waals surface area contributed by atoms with E-state index in [-0.39, 0.29) is 16.5 Å². The minimum atomic E-state index is -4.45. The van der Waals surface area contributed by atoms with Crippen molar-refractivity contribution in [1.29, 1.82) is 0 Å². The lowest BCUT2D eigenvalue weighted by Crippen LogP contribution is -2.22. The van der Waals surface area contributed by atoms with Gasteiger partial charge >= 0.3 is 0 Å². The van der Waals surface area contributed by atoms with E-state index in [0.717, 1.165) is 23.5 Å². The fourth-order valence-electron chi connectivity index (χ4n) is 2.56. The highest BCUT2D eigenvalue weighted by Crippen LogP contribution is 2.35. The molecule has 0 saturated carbocycles. The van der Waals surface area contributed by atoms with Crippen molar-refractivity contribution in [2.75, 3.05) is 34.6 Å². The number of hydrogen-bond donors (Lipinski definition) is 3. The fraction of sp³-hybridized carbons (Fsp3) is 0.167. The molecule has 0 bridgehead atoms. The Morgan fingerprint density at radius 2 is 1.90 bits per heavy atom.